The van der Waals surface area contributed by atoms with Gasteiger partial charge in [-0.25, -0.2) is 0 Å². The molecule has 1 amide bonds. The molecule has 0 atom stereocenters. The number of nitrogens with zero attached hydrogens (tertiary/aromatic N) is 1. The Morgan fingerprint density at radius 1 is 1.23 bits per heavy atom. The predicted octanol–water partition coefficient (Wildman–Crippen LogP) is 4.88. The van der Waals surface area contributed by atoms with Crippen LogP contribution in [0, 0.1) is 24.0 Å². The minimum absolute atomic E-state index is 0.00227. The number of hydrogen-bond donors (Lipinski definition) is 1. The summed E-state index contributed by atoms with van der Waals surface area (Å²) in [6, 6.07) is 7.73. The number of carbonyl (C=O) groups is 1. The van der Waals surface area contributed by atoms with E-state index in [-0.39, 0.29) is 16.3 Å². The Kier molecular flexibility index (Phi) is 4.83. The zero-order valence-electron chi connectivity index (χ0n) is 11.8. The van der Waals surface area contributed by atoms with Gasteiger partial charge in [0.1, 0.15) is 5.02 Å². The van der Waals surface area contributed by atoms with Crippen LogP contribution in [0.25, 0.3) is 0 Å². The van der Waals surface area contributed by atoms with E-state index in [0.29, 0.717) is 5.69 Å². The molecule has 0 fully saturated rings. The summed E-state index contributed by atoms with van der Waals surface area (Å²) >= 11 is 9.13. The third-order valence-corrected chi connectivity index (χ3v) is 3.92. The second-order valence-corrected chi connectivity index (χ2v) is 6.11. The number of rotatable bonds is 3. The van der Waals surface area contributed by atoms with Crippen LogP contribution < -0.4 is 5.32 Å². The van der Waals surface area contributed by atoms with E-state index in [9.17, 15) is 14.9 Å². The topological polar surface area (TPSA) is 72.2 Å². The van der Waals surface area contributed by atoms with Crippen LogP contribution >= 0.6 is 27.5 Å². The minimum atomic E-state index is -0.616. The third-order valence-electron chi connectivity index (χ3n) is 3.14. The molecule has 1 N–H and O–H groups in total. The van der Waals surface area contributed by atoms with Gasteiger partial charge in [0.15, 0.2) is 0 Å². The largest absolute Gasteiger partial charge is 0.321 e. The number of hydrogen-bond acceptors (Lipinski definition) is 3. The lowest BCUT2D eigenvalue weighted by atomic mass is 10.1. The number of nitro groups is 1. The Balaban J connectivity index is 2.34. The van der Waals surface area contributed by atoms with Crippen molar-refractivity contribution in [3.63, 3.8) is 0 Å². The van der Waals surface area contributed by atoms with Crippen LogP contribution in [-0.4, -0.2) is 10.8 Å². The second kappa shape index (κ2) is 6.46. The Morgan fingerprint density at radius 2 is 1.82 bits per heavy atom. The van der Waals surface area contributed by atoms with E-state index in [4.69, 9.17) is 11.6 Å². The van der Waals surface area contributed by atoms with E-state index >= 15 is 0 Å². The Labute approximate surface area is 140 Å². The van der Waals surface area contributed by atoms with Gasteiger partial charge >= 0.3 is 0 Å². The predicted molar refractivity (Wildman–Crippen MR) is 89.7 cm³/mol. The minimum Gasteiger partial charge on any atom is -0.321 e. The van der Waals surface area contributed by atoms with Gasteiger partial charge in [0, 0.05) is 21.8 Å². The van der Waals surface area contributed by atoms with Crippen LogP contribution in [0.3, 0.4) is 0 Å². The van der Waals surface area contributed by atoms with E-state index in [1.165, 1.54) is 18.2 Å². The summed E-state index contributed by atoms with van der Waals surface area (Å²) in [6.07, 6.45) is 0. The van der Waals surface area contributed by atoms with Crippen LogP contribution in [0.2, 0.25) is 5.02 Å². The highest BCUT2D eigenvalue weighted by Crippen LogP contribution is 2.28. The maximum atomic E-state index is 12.3. The van der Waals surface area contributed by atoms with Gasteiger partial charge in [0.2, 0.25) is 0 Å². The Bertz CT molecular complexity index is 754. The quantitative estimate of drug-likeness (QED) is 0.606. The number of aryl methyl sites for hydroxylation is 2. The van der Waals surface area contributed by atoms with Gasteiger partial charge in [-0.15, -0.1) is 0 Å². The lowest BCUT2D eigenvalue weighted by molar-refractivity contribution is -0.384. The number of amides is 1. The van der Waals surface area contributed by atoms with Gasteiger partial charge < -0.3 is 5.32 Å². The molecule has 0 aromatic heterocycles. The molecule has 0 aliphatic carbocycles. The number of benzene rings is 2. The summed E-state index contributed by atoms with van der Waals surface area (Å²) in [5.74, 6) is -0.423. The number of carbonyl (C=O) groups excluding carboxylic acids is 1. The molecule has 0 saturated heterocycles. The number of nitrogens with one attached hydrogen (secondary N) is 1. The van der Waals surface area contributed by atoms with Gasteiger partial charge in [0.05, 0.1) is 4.92 Å². The fourth-order valence-corrected chi connectivity index (χ4v) is 2.96. The molecule has 0 heterocycles. The lowest BCUT2D eigenvalue weighted by Gasteiger charge is -2.12. The first-order valence-electron chi connectivity index (χ1n) is 6.31. The van der Waals surface area contributed by atoms with E-state index in [1.807, 2.05) is 26.0 Å². The maximum absolute atomic E-state index is 12.3. The van der Waals surface area contributed by atoms with Crippen LogP contribution in [0.4, 0.5) is 11.4 Å². The number of anilines is 1. The van der Waals surface area contributed by atoms with Crippen molar-refractivity contribution in [2.45, 2.75) is 13.8 Å². The molecule has 114 valence electrons. The average molecular weight is 384 g/mol. The molecule has 0 spiro atoms. The van der Waals surface area contributed by atoms with Crippen LogP contribution in [0.15, 0.2) is 34.8 Å². The van der Waals surface area contributed by atoms with E-state index in [2.05, 4.69) is 21.2 Å². The zero-order chi connectivity index (χ0) is 16.4. The SMILES string of the molecule is Cc1cc(Br)cc(C)c1NC(=O)c1ccc(Cl)c([N+](=O)[O-])c1. The molecule has 0 aliphatic heterocycles. The van der Waals surface area contributed by atoms with E-state index < -0.39 is 10.8 Å². The summed E-state index contributed by atoms with van der Waals surface area (Å²) in [6.45, 7) is 3.75. The first-order chi connectivity index (χ1) is 10.3. The van der Waals surface area contributed by atoms with Gasteiger partial charge in [0.25, 0.3) is 11.6 Å². The second-order valence-electron chi connectivity index (χ2n) is 4.79. The summed E-state index contributed by atoms with van der Waals surface area (Å²) in [7, 11) is 0. The van der Waals surface area contributed by atoms with Gasteiger partial charge in [-0.2, -0.15) is 0 Å². The fraction of sp³-hybridized carbons (Fsp3) is 0.133. The monoisotopic (exact) mass is 382 g/mol. The third kappa shape index (κ3) is 3.45. The summed E-state index contributed by atoms with van der Waals surface area (Å²) in [4.78, 5) is 22.6. The van der Waals surface area contributed by atoms with Gasteiger partial charge in [-0.05, 0) is 49.2 Å². The summed E-state index contributed by atoms with van der Waals surface area (Å²) in [5, 5.41) is 13.7. The molecule has 0 saturated carbocycles. The Morgan fingerprint density at radius 3 is 2.36 bits per heavy atom. The van der Waals surface area contributed by atoms with Crippen molar-refractivity contribution in [1.82, 2.24) is 0 Å². The van der Waals surface area contributed by atoms with Crippen molar-refractivity contribution < 1.29 is 9.72 Å². The summed E-state index contributed by atoms with van der Waals surface area (Å²) < 4.78 is 0.919. The normalized spacial score (nSPS) is 10.4. The van der Waals surface area contributed by atoms with Gasteiger partial charge in [-0.3, -0.25) is 14.9 Å². The highest BCUT2D eigenvalue weighted by molar-refractivity contribution is 9.10. The molecule has 0 bridgehead atoms. The highest BCUT2D eigenvalue weighted by Gasteiger charge is 2.17. The van der Waals surface area contributed by atoms with Crippen LogP contribution in [0.1, 0.15) is 21.5 Å². The molecule has 0 aliphatic rings. The van der Waals surface area contributed by atoms with Crippen LogP contribution in [-0.2, 0) is 0 Å². The van der Waals surface area contributed by atoms with Crippen molar-refractivity contribution in [1.29, 1.82) is 0 Å². The maximum Gasteiger partial charge on any atom is 0.288 e. The molecule has 2 aromatic carbocycles. The number of halogens is 2. The van der Waals surface area contributed by atoms with E-state index in [1.54, 1.807) is 0 Å². The first kappa shape index (κ1) is 16.5. The molecule has 0 radical (unpaired) electrons. The van der Waals surface area contributed by atoms with Crippen molar-refractivity contribution in [3.8, 4) is 0 Å². The van der Waals surface area contributed by atoms with E-state index in [0.717, 1.165) is 15.6 Å². The fourth-order valence-electron chi connectivity index (χ4n) is 2.09. The standard InChI is InChI=1S/C15H12BrClN2O3/c1-8-5-11(16)6-9(2)14(8)18-15(20)10-3-4-12(17)13(7-10)19(21)22/h3-7H,1-2H3,(H,18,20). The van der Waals surface area contributed by atoms with Crippen molar-refractivity contribution in [2.24, 2.45) is 0 Å². The molecule has 5 nitrogen and oxygen atoms in total. The highest BCUT2D eigenvalue weighted by atomic mass is 79.9. The van der Waals surface area contributed by atoms with Crippen LogP contribution in [0.5, 0.6) is 0 Å². The molecule has 2 aromatic rings. The smallest absolute Gasteiger partial charge is 0.288 e. The Hall–Kier alpha value is -1.92. The van der Waals surface area contributed by atoms with Gasteiger partial charge in [-0.1, -0.05) is 27.5 Å². The first-order valence-corrected chi connectivity index (χ1v) is 7.48. The molecule has 7 heteroatoms. The average Bonchev–Trinajstić information content (AvgIpc) is 2.42. The van der Waals surface area contributed by atoms with Crippen molar-refractivity contribution in [2.75, 3.05) is 5.32 Å². The molecule has 0 unspecified atom stereocenters. The molecule has 2 rings (SSSR count). The van der Waals surface area contributed by atoms with Crippen molar-refractivity contribution >= 4 is 44.8 Å². The zero-order valence-corrected chi connectivity index (χ0v) is 14.2. The summed E-state index contributed by atoms with van der Waals surface area (Å²) in [5.41, 5.74) is 2.36. The van der Waals surface area contributed by atoms with Crippen molar-refractivity contribution in [3.05, 3.63) is 66.6 Å². The molecule has 22 heavy (non-hydrogen) atoms. The molecular formula is C15H12BrClN2O3. The number of nitro benzene ring substituents is 1. The lowest BCUT2D eigenvalue weighted by Crippen LogP contribution is -2.14. The molecular weight excluding hydrogens is 372 g/mol.